The van der Waals surface area contributed by atoms with Crippen LogP contribution in [0.3, 0.4) is 0 Å². The summed E-state index contributed by atoms with van der Waals surface area (Å²) in [4.78, 5) is 10.4. The number of nitrogens with zero attached hydrogens (tertiary/aromatic N) is 3. The molecule has 0 aliphatic carbocycles. The molecule has 7 aromatic carbocycles. The summed E-state index contributed by atoms with van der Waals surface area (Å²) in [6.45, 7) is 13.6. The summed E-state index contributed by atoms with van der Waals surface area (Å²) >= 11 is 0. The van der Waals surface area contributed by atoms with Crippen molar-refractivity contribution >= 4 is 21.8 Å². The number of phenolic OH excluding ortho intramolecular Hbond substituents is 1. The highest BCUT2D eigenvalue weighted by Crippen LogP contribution is 2.43. The predicted octanol–water partition coefficient (Wildman–Crippen LogP) is 15.9. The van der Waals surface area contributed by atoms with E-state index in [0.717, 1.165) is 67.1 Å². The quantitative estimate of drug-likeness (QED) is 0.174. The van der Waals surface area contributed by atoms with Crippen LogP contribution in [-0.4, -0.2) is 19.6 Å². The molecule has 4 nitrogen and oxygen atoms in total. The minimum absolute atomic E-state index is 0.0631. The van der Waals surface area contributed by atoms with Crippen LogP contribution in [0.5, 0.6) is 5.75 Å². The molecule has 0 saturated heterocycles. The lowest BCUT2D eigenvalue weighted by Gasteiger charge is -2.26. The van der Waals surface area contributed by atoms with Crippen molar-refractivity contribution in [1.29, 1.82) is 0 Å². The van der Waals surface area contributed by atoms with Gasteiger partial charge in [-0.25, -0.2) is 4.98 Å². The molecule has 0 fully saturated rings. The molecule has 10 aromatic rings. The van der Waals surface area contributed by atoms with E-state index in [0.29, 0.717) is 11.3 Å². The second-order valence-electron chi connectivity index (χ2n) is 18.9. The average Bonchev–Trinajstić information content (AvgIpc) is 3.66. The van der Waals surface area contributed by atoms with Crippen LogP contribution in [0.2, 0.25) is 0 Å². The van der Waals surface area contributed by atoms with Crippen molar-refractivity contribution in [3.05, 3.63) is 205 Å². The van der Waals surface area contributed by atoms with Crippen LogP contribution in [0, 0.1) is 0 Å². The molecule has 0 atom stereocenters. The topological polar surface area (TPSA) is 50.9 Å². The lowest BCUT2D eigenvalue weighted by molar-refractivity contribution is 0.477. The van der Waals surface area contributed by atoms with E-state index in [1.165, 1.54) is 27.4 Å². The molecule has 10 rings (SSSR count). The molecule has 4 heteroatoms. The molecule has 0 aliphatic heterocycles. The molecule has 0 spiro atoms. The van der Waals surface area contributed by atoms with Gasteiger partial charge in [-0.15, -0.1) is 0 Å². The number of benzene rings is 7. The third-order valence-electron chi connectivity index (χ3n) is 12.5. The van der Waals surface area contributed by atoms with Gasteiger partial charge in [-0.1, -0.05) is 169 Å². The number of phenols is 1. The lowest BCUT2D eigenvalue weighted by atomic mass is 9.79. The maximum atomic E-state index is 11.3. The van der Waals surface area contributed by atoms with Gasteiger partial charge in [-0.2, -0.15) is 0 Å². The molecular formula is C60H51N3O. The summed E-state index contributed by atoms with van der Waals surface area (Å²) in [5.74, 6) is 0.191. The number of rotatable bonds is 7. The third kappa shape index (κ3) is 7.56. The summed E-state index contributed by atoms with van der Waals surface area (Å²) in [7, 11) is 0. The van der Waals surface area contributed by atoms with Gasteiger partial charge in [-0.3, -0.25) is 4.98 Å². The standard InChI is InChI=1S/C60H51N3O/c1-59(2,3)44-32-42(33-45(38-44)60(4,5)6)43-36-54(51-23-14-16-27-57(51)64)62-55(37-43)52-34-41(28-29-47(52)39-18-9-7-10-19-39)53-35-40(30-31-61-53)48-24-17-25-50-49-22-13-15-26-56(49)63(58(48)50)46-20-11-8-12-21-46/h7-38,64H,1-6H3. The fraction of sp³-hybridized carbons (Fsp3) is 0.133. The first-order valence-corrected chi connectivity index (χ1v) is 22.1. The van der Waals surface area contributed by atoms with Crippen molar-refractivity contribution in [1.82, 2.24) is 14.5 Å². The van der Waals surface area contributed by atoms with Gasteiger partial charge in [0.2, 0.25) is 0 Å². The Morgan fingerprint density at radius 3 is 1.72 bits per heavy atom. The van der Waals surface area contributed by atoms with Gasteiger partial charge in [0.25, 0.3) is 0 Å². The van der Waals surface area contributed by atoms with Crippen molar-refractivity contribution in [3.8, 4) is 78.6 Å². The van der Waals surface area contributed by atoms with Gasteiger partial charge in [0.05, 0.1) is 28.1 Å². The van der Waals surface area contributed by atoms with E-state index in [2.05, 4.69) is 210 Å². The van der Waals surface area contributed by atoms with E-state index in [1.807, 2.05) is 24.4 Å². The zero-order valence-corrected chi connectivity index (χ0v) is 37.3. The fourth-order valence-corrected chi connectivity index (χ4v) is 8.96. The Morgan fingerprint density at radius 2 is 1.00 bits per heavy atom. The highest BCUT2D eigenvalue weighted by Gasteiger charge is 2.23. The second-order valence-corrected chi connectivity index (χ2v) is 18.9. The van der Waals surface area contributed by atoms with Crippen LogP contribution in [0.1, 0.15) is 52.7 Å². The van der Waals surface area contributed by atoms with Gasteiger partial charge in [0.1, 0.15) is 5.75 Å². The van der Waals surface area contributed by atoms with E-state index in [1.54, 1.807) is 6.07 Å². The van der Waals surface area contributed by atoms with Crippen LogP contribution in [-0.2, 0) is 10.8 Å². The van der Waals surface area contributed by atoms with Gasteiger partial charge in [0.15, 0.2) is 0 Å². The van der Waals surface area contributed by atoms with Gasteiger partial charge in [-0.05, 0) is 110 Å². The van der Waals surface area contributed by atoms with Crippen molar-refractivity contribution < 1.29 is 5.11 Å². The van der Waals surface area contributed by atoms with Crippen LogP contribution in [0.4, 0.5) is 0 Å². The van der Waals surface area contributed by atoms with Crippen molar-refractivity contribution in [2.24, 2.45) is 0 Å². The Balaban J connectivity index is 1.19. The lowest BCUT2D eigenvalue weighted by Crippen LogP contribution is -2.16. The van der Waals surface area contributed by atoms with Crippen molar-refractivity contribution in [3.63, 3.8) is 0 Å². The number of hydrogen-bond donors (Lipinski definition) is 1. The van der Waals surface area contributed by atoms with E-state index >= 15 is 0 Å². The molecule has 3 heterocycles. The van der Waals surface area contributed by atoms with Crippen molar-refractivity contribution in [2.75, 3.05) is 0 Å². The normalized spacial score (nSPS) is 12.0. The Kier molecular flexibility index (Phi) is 10.1. The highest BCUT2D eigenvalue weighted by molar-refractivity contribution is 6.13. The minimum atomic E-state index is -0.0631. The number of aromatic hydroxyl groups is 1. The first-order chi connectivity index (χ1) is 30.9. The number of pyridine rings is 2. The number of hydrogen-bond acceptors (Lipinski definition) is 3. The zero-order chi connectivity index (χ0) is 44.2. The molecule has 312 valence electrons. The first kappa shape index (κ1) is 40.5. The molecule has 3 aromatic heterocycles. The smallest absolute Gasteiger partial charge is 0.124 e. The maximum Gasteiger partial charge on any atom is 0.124 e. The van der Waals surface area contributed by atoms with Gasteiger partial charge >= 0.3 is 0 Å². The molecule has 1 N–H and O–H groups in total. The Hall–Kier alpha value is -7.56. The van der Waals surface area contributed by atoms with Crippen LogP contribution in [0.25, 0.3) is 94.6 Å². The van der Waals surface area contributed by atoms with E-state index in [9.17, 15) is 5.11 Å². The average molecular weight is 830 g/mol. The summed E-state index contributed by atoms with van der Waals surface area (Å²) in [6.07, 6.45) is 1.92. The second kappa shape index (κ2) is 16.0. The number of para-hydroxylation sites is 4. The summed E-state index contributed by atoms with van der Waals surface area (Å²) in [5.41, 5.74) is 17.4. The number of fused-ring (bicyclic) bond motifs is 3. The summed E-state index contributed by atoms with van der Waals surface area (Å²) < 4.78 is 2.38. The molecule has 0 saturated carbocycles. The Bertz CT molecular complexity index is 3320. The largest absolute Gasteiger partial charge is 0.507 e. The van der Waals surface area contributed by atoms with E-state index in [-0.39, 0.29) is 16.6 Å². The summed E-state index contributed by atoms with van der Waals surface area (Å²) in [6, 6.07) is 66.2. The molecule has 0 bridgehead atoms. The van der Waals surface area contributed by atoms with Gasteiger partial charge < -0.3 is 9.67 Å². The molecule has 0 radical (unpaired) electrons. The monoisotopic (exact) mass is 829 g/mol. The van der Waals surface area contributed by atoms with Gasteiger partial charge in [0, 0.05) is 44.9 Å². The molecular weight excluding hydrogens is 779 g/mol. The van der Waals surface area contributed by atoms with Crippen LogP contribution < -0.4 is 0 Å². The fourth-order valence-electron chi connectivity index (χ4n) is 8.96. The first-order valence-electron chi connectivity index (χ1n) is 22.1. The highest BCUT2D eigenvalue weighted by atomic mass is 16.3. The zero-order valence-electron chi connectivity index (χ0n) is 37.3. The molecule has 64 heavy (non-hydrogen) atoms. The third-order valence-corrected chi connectivity index (χ3v) is 12.5. The Labute approximate surface area is 376 Å². The maximum absolute atomic E-state index is 11.3. The molecule has 0 aliphatic rings. The van der Waals surface area contributed by atoms with Crippen LogP contribution in [0.15, 0.2) is 194 Å². The SMILES string of the molecule is CC(C)(C)c1cc(-c2cc(-c3ccccc3O)nc(-c3cc(-c4cc(-c5cccc6c7ccccc7n(-c7ccccc7)c56)ccn4)ccc3-c3ccccc3)c2)cc(C(C)(C)C)c1. The van der Waals surface area contributed by atoms with E-state index < -0.39 is 0 Å². The minimum Gasteiger partial charge on any atom is -0.507 e. The van der Waals surface area contributed by atoms with E-state index in [4.69, 9.17) is 9.97 Å². The predicted molar refractivity (Wildman–Crippen MR) is 268 cm³/mol. The van der Waals surface area contributed by atoms with Crippen molar-refractivity contribution in [2.45, 2.75) is 52.4 Å². The number of aromatic nitrogens is 3. The summed E-state index contributed by atoms with van der Waals surface area (Å²) in [5, 5.41) is 13.7. The molecule has 0 amide bonds. The Morgan fingerprint density at radius 1 is 0.406 bits per heavy atom. The van der Waals surface area contributed by atoms with Crippen LogP contribution >= 0.6 is 0 Å². The molecule has 0 unspecified atom stereocenters.